The van der Waals surface area contributed by atoms with Crippen LogP contribution in [0.25, 0.3) is 0 Å². The van der Waals surface area contributed by atoms with E-state index in [1.165, 1.54) is 6.42 Å². The van der Waals surface area contributed by atoms with Crippen molar-refractivity contribution >= 4 is 5.78 Å². The number of carbonyl (C=O) groups excluding carboxylic acids is 1. The number of aliphatic hydroxyl groups excluding tert-OH is 1. The van der Waals surface area contributed by atoms with Crippen molar-refractivity contribution in [3.63, 3.8) is 0 Å². The van der Waals surface area contributed by atoms with Crippen molar-refractivity contribution in [1.82, 2.24) is 0 Å². The van der Waals surface area contributed by atoms with E-state index in [-0.39, 0.29) is 17.9 Å². The molecule has 0 aromatic carbocycles. The van der Waals surface area contributed by atoms with Gasteiger partial charge < -0.3 is 5.11 Å². The fraction of sp³-hybridized carbons (Fsp3) is 0.909. The summed E-state index contributed by atoms with van der Waals surface area (Å²) in [4.78, 5) is 11.5. The average Bonchev–Trinajstić information content (AvgIpc) is 2.12. The lowest BCUT2D eigenvalue weighted by Crippen LogP contribution is -2.43. The van der Waals surface area contributed by atoms with Crippen molar-refractivity contribution in [3.05, 3.63) is 0 Å². The van der Waals surface area contributed by atoms with Gasteiger partial charge in [-0.25, -0.2) is 0 Å². The maximum Gasteiger partial charge on any atom is 0.136 e. The molecular formula is C11H18O2. The maximum absolute atomic E-state index is 11.5. The molecule has 2 heteroatoms. The summed E-state index contributed by atoms with van der Waals surface area (Å²) in [7, 11) is 0. The highest BCUT2D eigenvalue weighted by Crippen LogP contribution is 2.42. The molecule has 13 heavy (non-hydrogen) atoms. The maximum atomic E-state index is 11.5. The molecule has 2 rings (SSSR count). The van der Waals surface area contributed by atoms with Gasteiger partial charge in [-0.05, 0) is 31.1 Å². The van der Waals surface area contributed by atoms with Crippen LogP contribution in [-0.4, -0.2) is 17.0 Å². The van der Waals surface area contributed by atoms with Crippen molar-refractivity contribution in [2.75, 3.05) is 0 Å². The van der Waals surface area contributed by atoms with E-state index in [9.17, 15) is 9.90 Å². The Morgan fingerprint density at radius 1 is 1.31 bits per heavy atom. The number of hydrogen-bond acceptors (Lipinski definition) is 2. The molecule has 0 unspecified atom stereocenters. The van der Waals surface area contributed by atoms with Crippen LogP contribution in [0.3, 0.4) is 0 Å². The van der Waals surface area contributed by atoms with Crippen LogP contribution in [0.1, 0.15) is 39.0 Å². The summed E-state index contributed by atoms with van der Waals surface area (Å²) in [6.07, 6.45) is 4.82. The highest BCUT2D eigenvalue weighted by molar-refractivity contribution is 5.81. The summed E-state index contributed by atoms with van der Waals surface area (Å²) in [5, 5.41) is 9.84. The van der Waals surface area contributed by atoms with Crippen molar-refractivity contribution < 1.29 is 9.90 Å². The first-order chi connectivity index (χ1) is 6.20. The molecule has 74 valence electrons. The van der Waals surface area contributed by atoms with E-state index in [1.807, 2.05) is 6.92 Å². The number of rotatable bonds is 0. The standard InChI is InChI=1S/C11H18O2/c1-7-9(12)6-5-8-3-2-4-10(13)11(7)8/h7-8,10-11,13H,2-6H2,1H3/t7-,8-,10-,11-/m1/s1. The van der Waals surface area contributed by atoms with Crippen molar-refractivity contribution in [3.8, 4) is 0 Å². The van der Waals surface area contributed by atoms with Gasteiger partial charge in [0.15, 0.2) is 0 Å². The van der Waals surface area contributed by atoms with Gasteiger partial charge in [-0.15, -0.1) is 0 Å². The van der Waals surface area contributed by atoms with Crippen LogP contribution in [0, 0.1) is 17.8 Å². The first kappa shape index (κ1) is 9.20. The fourth-order valence-electron chi connectivity index (χ4n) is 3.14. The SMILES string of the molecule is C[C@@H]1C(=O)CC[C@H]2CCC[C@@H](O)[C@@H]21. The molecule has 0 saturated heterocycles. The number of carbonyl (C=O) groups is 1. The normalized spacial score (nSPS) is 45.8. The first-order valence-corrected chi connectivity index (χ1v) is 5.41. The summed E-state index contributed by atoms with van der Waals surface area (Å²) in [6, 6.07) is 0. The monoisotopic (exact) mass is 182 g/mol. The van der Waals surface area contributed by atoms with Crippen LogP contribution in [0.2, 0.25) is 0 Å². The minimum atomic E-state index is -0.210. The van der Waals surface area contributed by atoms with Gasteiger partial charge in [-0.3, -0.25) is 4.79 Å². The van der Waals surface area contributed by atoms with Gasteiger partial charge >= 0.3 is 0 Å². The molecule has 2 saturated carbocycles. The van der Waals surface area contributed by atoms with Gasteiger partial charge in [0.1, 0.15) is 5.78 Å². The molecule has 2 aliphatic rings. The zero-order chi connectivity index (χ0) is 9.42. The van der Waals surface area contributed by atoms with Crippen LogP contribution >= 0.6 is 0 Å². The van der Waals surface area contributed by atoms with E-state index >= 15 is 0 Å². The van der Waals surface area contributed by atoms with E-state index < -0.39 is 0 Å². The highest BCUT2D eigenvalue weighted by atomic mass is 16.3. The predicted molar refractivity (Wildman–Crippen MR) is 50.2 cm³/mol. The lowest BCUT2D eigenvalue weighted by molar-refractivity contribution is -0.132. The molecule has 0 amide bonds. The first-order valence-electron chi connectivity index (χ1n) is 5.41. The number of Topliss-reactive ketones (excluding diaryl/α,β-unsaturated/α-hetero) is 1. The summed E-state index contributed by atoms with van der Waals surface area (Å²) in [5.41, 5.74) is 0. The smallest absolute Gasteiger partial charge is 0.136 e. The van der Waals surface area contributed by atoms with Crippen LogP contribution < -0.4 is 0 Å². The van der Waals surface area contributed by atoms with Gasteiger partial charge in [0.05, 0.1) is 6.10 Å². The topological polar surface area (TPSA) is 37.3 Å². The Balaban J connectivity index is 2.14. The van der Waals surface area contributed by atoms with Crippen molar-refractivity contribution in [2.24, 2.45) is 17.8 Å². The molecule has 0 aromatic rings. The lowest BCUT2D eigenvalue weighted by Gasteiger charge is -2.42. The molecule has 0 aliphatic heterocycles. The predicted octanol–water partition coefficient (Wildman–Crippen LogP) is 1.76. The van der Waals surface area contributed by atoms with Crippen LogP contribution in [0.5, 0.6) is 0 Å². The number of fused-ring (bicyclic) bond motifs is 1. The third-order valence-electron chi connectivity index (χ3n) is 3.91. The molecule has 1 N–H and O–H groups in total. The van der Waals surface area contributed by atoms with E-state index in [0.717, 1.165) is 25.7 Å². The average molecular weight is 182 g/mol. The summed E-state index contributed by atoms with van der Waals surface area (Å²) >= 11 is 0. The largest absolute Gasteiger partial charge is 0.393 e. The molecule has 2 nitrogen and oxygen atoms in total. The number of aliphatic hydroxyl groups is 1. The Bertz CT molecular complexity index is 212. The molecule has 2 fully saturated rings. The van der Waals surface area contributed by atoms with Crippen LogP contribution in [-0.2, 0) is 4.79 Å². The van der Waals surface area contributed by atoms with Crippen LogP contribution in [0.4, 0.5) is 0 Å². The zero-order valence-corrected chi connectivity index (χ0v) is 8.20. The molecular weight excluding hydrogens is 164 g/mol. The Hall–Kier alpha value is -0.370. The Morgan fingerprint density at radius 2 is 2.08 bits per heavy atom. The second kappa shape index (κ2) is 3.41. The van der Waals surface area contributed by atoms with Crippen molar-refractivity contribution in [1.29, 1.82) is 0 Å². The molecule has 0 radical (unpaired) electrons. The number of ketones is 1. The summed E-state index contributed by atoms with van der Waals surface area (Å²) < 4.78 is 0. The highest BCUT2D eigenvalue weighted by Gasteiger charge is 2.41. The molecule has 2 aliphatic carbocycles. The van der Waals surface area contributed by atoms with E-state index in [4.69, 9.17) is 0 Å². The molecule has 0 heterocycles. The van der Waals surface area contributed by atoms with Crippen molar-refractivity contribution in [2.45, 2.75) is 45.1 Å². The van der Waals surface area contributed by atoms with Crippen LogP contribution in [0.15, 0.2) is 0 Å². The fourth-order valence-corrected chi connectivity index (χ4v) is 3.14. The van der Waals surface area contributed by atoms with E-state index in [0.29, 0.717) is 11.7 Å². The summed E-state index contributed by atoms with van der Waals surface area (Å²) in [6.45, 7) is 1.99. The number of hydrogen-bond donors (Lipinski definition) is 1. The Morgan fingerprint density at radius 3 is 2.85 bits per heavy atom. The summed E-state index contributed by atoms with van der Waals surface area (Å²) in [5.74, 6) is 1.36. The van der Waals surface area contributed by atoms with Gasteiger partial charge in [0, 0.05) is 12.3 Å². The van der Waals surface area contributed by atoms with E-state index in [2.05, 4.69) is 0 Å². The molecule has 0 bridgehead atoms. The Kier molecular flexibility index (Phi) is 2.41. The van der Waals surface area contributed by atoms with Gasteiger partial charge in [-0.1, -0.05) is 13.3 Å². The quantitative estimate of drug-likeness (QED) is 0.620. The van der Waals surface area contributed by atoms with Gasteiger partial charge in [0.25, 0.3) is 0 Å². The second-order valence-electron chi connectivity index (χ2n) is 4.63. The molecule has 0 aromatic heterocycles. The minimum absolute atomic E-state index is 0.106. The third-order valence-corrected chi connectivity index (χ3v) is 3.91. The van der Waals surface area contributed by atoms with Gasteiger partial charge in [0.2, 0.25) is 0 Å². The molecule has 4 atom stereocenters. The zero-order valence-electron chi connectivity index (χ0n) is 8.20. The lowest BCUT2D eigenvalue weighted by atomic mass is 9.64. The second-order valence-corrected chi connectivity index (χ2v) is 4.63. The minimum Gasteiger partial charge on any atom is -0.393 e. The Labute approximate surface area is 79.3 Å². The molecule has 0 spiro atoms. The van der Waals surface area contributed by atoms with Gasteiger partial charge in [-0.2, -0.15) is 0 Å². The third kappa shape index (κ3) is 1.52. The van der Waals surface area contributed by atoms with E-state index in [1.54, 1.807) is 0 Å².